The summed E-state index contributed by atoms with van der Waals surface area (Å²) < 4.78 is 0.536. The van der Waals surface area contributed by atoms with Crippen molar-refractivity contribution < 1.29 is 9.59 Å². The molecule has 0 unspecified atom stereocenters. The van der Waals surface area contributed by atoms with Crippen LogP contribution >= 0.6 is 35.3 Å². The van der Waals surface area contributed by atoms with E-state index in [1.165, 1.54) is 11.8 Å². The van der Waals surface area contributed by atoms with Crippen LogP contribution in [0.2, 0.25) is 0 Å². The van der Waals surface area contributed by atoms with Crippen molar-refractivity contribution in [1.82, 2.24) is 14.7 Å². The van der Waals surface area contributed by atoms with Gasteiger partial charge in [0.1, 0.15) is 4.32 Å². The Morgan fingerprint density at radius 1 is 1.33 bits per heavy atom. The molecular weight excluding hydrogens is 362 g/mol. The summed E-state index contributed by atoms with van der Waals surface area (Å²) in [6.07, 6.45) is 2.19. The average molecular weight is 382 g/mol. The zero-order valence-electron chi connectivity index (χ0n) is 13.4. The van der Waals surface area contributed by atoms with Gasteiger partial charge in [0.25, 0.3) is 5.91 Å². The maximum atomic E-state index is 12.5. The van der Waals surface area contributed by atoms with Gasteiger partial charge in [0.05, 0.1) is 4.91 Å². The van der Waals surface area contributed by atoms with Crippen molar-refractivity contribution in [1.29, 1.82) is 0 Å². The molecule has 3 rings (SSSR count). The fourth-order valence-electron chi connectivity index (χ4n) is 2.62. The third kappa shape index (κ3) is 4.05. The molecule has 2 amide bonds. The van der Waals surface area contributed by atoms with E-state index >= 15 is 0 Å². The lowest BCUT2D eigenvalue weighted by Crippen LogP contribution is -2.47. The Morgan fingerprint density at radius 3 is 2.75 bits per heavy atom. The van der Waals surface area contributed by atoms with Gasteiger partial charge in [-0.15, -0.1) is 11.3 Å². The molecule has 0 N–H and O–H groups in total. The van der Waals surface area contributed by atoms with Crippen molar-refractivity contribution in [2.24, 2.45) is 0 Å². The molecule has 8 heteroatoms. The summed E-state index contributed by atoms with van der Waals surface area (Å²) in [5.41, 5.74) is 0. The zero-order chi connectivity index (χ0) is 17.1. The van der Waals surface area contributed by atoms with E-state index in [1.54, 1.807) is 16.2 Å². The minimum absolute atomic E-state index is 0.0930. The van der Waals surface area contributed by atoms with E-state index in [1.807, 2.05) is 28.5 Å². The molecule has 2 aliphatic rings. The molecule has 0 aromatic carbocycles. The Kier molecular flexibility index (Phi) is 5.70. The number of carbonyl (C=O) groups excluding carboxylic acids is 2. The molecule has 0 aliphatic carbocycles. The van der Waals surface area contributed by atoms with Gasteiger partial charge in [0, 0.05) is 44.0 Å². The number of likely N-dealkylation sites (N-methyl/N-ethyl adjacent to an activating group) is 1. The number of nitrogens with zero attached hydrogens (tertiary/aromatic N) is 3. The highest BCUT2D eigenvalue weighted by molar-refractivity contribution is 8.26. The van der Waals surface area contributed by atoms with Crippen molar-refractivity contribution in [2.45, 2.75) is 6.42 Å². The molecule has 2 aliphatic heterocycles. The number of thiocarbonyl (C=S) groups is 1. The summed E-state index contributed by atoms with van der Waals surface area (Å²) in [5.74, 6) is 0.00367. The number of hydrogen-bond donors (Lipinski definition) is 0. The van der Waals surface area contributed by atoms with Crippen molar-refractivity contribution in [3.63, 3.8) is 0 Å². The average Bonchev–Trinajstić information content (AvgIpc) is 3.16. The van der Waals surface area contributed by atoms with Gasteiger partial charge in [-0.05, 0) is 24.6 Å². The second-order valence-electron chi connectivity index (χ2n) is 5.78. The number of amides is 2. The van der Waals surface area contributed by atoms with E-state index in [9.17, 15) is 9.59 Å². The van der Waals surface area contributed by atoms with E-state index in [0.717, 1.165) is 31.1 Å². The van der Waals surface area contributed by atoms with E-state index in [2.05, 4.69) is 11.9 Å². The highest BCUT2D eigenvalue weighted by Crippen LogP contribution is 2.33. The quantitative estimate of drug-likeness (QED) is 0.590. The standard InChI is InChI=1S/C16H19N3O2S3/c1-17-6-8-18(9-7-17)14(20)4-5-19-15(21)13(24-16(19)22)11-12-3-2-10-23-12/h2-3,10-11H,4-9H2,1H3/b13-11+. The highest BCUT2D eigenvalue weighted by Gasteiger charge is 2.32. The highest BCUT2D eigenvalue weighted by atomic mass is 32.2. The number of carbonyl (C=O) groups is 2. The molecule has 1 aromatic rings. The monoisotopic (exact) mass is 381 g/mol. The first-order valence-electron chi connectivity index (χ1n) is 7.80. The predicted molar refractivity (Wildman–Crippen MR) is 103 cm³/mol. The zero-order valence-corrected chi connectivity index (χ0v) is 15.9. The summed E-state index contributed by atoms with van der Waals surface area (Å²) >= 11 is 8.21. The summed E-state index contributed by atoms with van der Waals surface area (Å²) in [7, 11) is 2.06. The minimum Gasteiger partial charge on any atom is -0.340 e. The van der Waals surface area contributed by atoms with Crippen LogP contribution in [0.3, 0.4) is 0 Å². The van der Waals surface area contributed by atoms with E-state index in [-0.39, 0.29) is 11.8 Å². The van der Waals surface area contributed by atoms with Gasteiger partial charge >= 0.3 is 0 Å². The second-order valence-corrected chi connectivity index (χ2v) is 8.44. The molecule has 3 heterocycles. The van der Waals surface area contributed by atoms with E-state index in [0.29, 0.717) is 22.2 Å². The number of thioether (sulfide) groups is 1. The van der Waals surface area contributed by atoms with Gasteiger partial charge in [-0.1, -0.05) is 30.0 Å². The molecule has 0 radical (unpaired) electrons. The number of piperazine rings is 1. The van der Waals surface area contributed by atoms with Crippen molar-refractivity contribution in [2.75, 3.05) is 39.8 Å². The second kappa shape index (κ2) is 7.77. The van der Waals surface area contributed by atoms with Crippen LogP contribution in [0.4, 0.5) is 0 Å². The van der Waals surface area contributed by atoms with E-state index in [4.69, 9.17) is 12.2 Å². The summed E-state index contributed by atoms with van der Waals surface area (Å²) in [6, 6.07) is 3.92. The van der Waals surface area contributed by atoms with Crippen molar-refractivity contribution in [3.05, 3.63) is 27.3 Å². The Balaban J connectivity index is 1.56. The smallest absolute Gasteiger partial charge is 0.266 e. The van der Waals surface area contributed by atoms with Crippen LogP contribution in [0, 0.1) is 0 Å². The molecule has 0 atom stereocenters. The van der Waals surface area contributed by atoms with Gasteiger partial charge in [0.15, 0.2) is 0 Å². The Hall–Kier alpha value is -1.22. The number of hydrogen-bond acceptors (Lipinski definition) is 6. The lowest BCUT2D eigenvalue weighted by Gasteiger charge is -2.32. The fourth-order valence-corrected chi connectivity index (χ4v) is 4.65. The first-order valence-corrected chi connectivity index (χ1v) is 9.90. The molecule has 2 fully saturated rings. The molecular formula is C16H19N3O2S3. The van der Waals surface area contributed by atoms with Gasteiger partial charge in [-0.2, -0.15) is 0 Å². The third-order valence-electron chi connectivity index (χ3n) is 4.10. The maximum absolute atomic E-state index is 12.5. The van der Waals surface area contributed by atoms with Crippen LogP contribution in [0.25, 0.3) is 6.08 Å². The van der Waals surface area contributed by atoms with Gasteiger partial charge in [-0.3, -0.25) is 14.5 Å². The molecule has 0 spiro atoms. The maximum Gasteiger partial charge on any atom is 0.266 e. The van der Waals surface area contributed by atoms with Gasteiger partial charge in [-0.25, -0.2) is 0 Å². The third-order valence-corrected chi connectivity index (χ3v) is 6.29. The molecule has 5 nitrogen and oxygen atoms in total. The van der Waals surface area contributed by atoms with Crippen LogP contribution in [-0.4, -0.2) is 70.6 Å². The molecule has 1 aromatic heterocycles. The topological polar surface area (TPSA) is 43.9 Å². The van der Waals surface area contributed by atoms with Crippen molar-refractivity contribution >= 4 is 57.5 Å². The normalized spacial score (nSPS) is 21.1. The fraction of sp³-hybridized carbons (Fsp3) is 0.438. The Morgan fingerprint density at radius 2 is 2.08 bits per heavy atom. The van der Waals surface area contributed by atoms with Crippen molar-refractivity contribution in [3.8, 4) is 0 Å². The molecule has 128 valence electrons. The first kappa shape index (κ1) is 17.6. The van der Waals surface area contributed by atoms with Crippen LogP contribution < -0.4 is 0 Å². The Labute approximate surface area is 155 Å². The van der Waals surface area contributed by atoms with Crippen LogP contribution in [0.5, 0.6) is 0 Å². The molecule has 0 saturated carbocycles. The number of thiophene rings is 1. The summed E-state index contributed by atoms with van der Waals surface area (Å²) in [4.78, 5) is 32.1. The van der Waals surface area contributed by atoms with Gasteiger partial charge in [0.2, 0.25) is 5.91 Å². The lowest BCUT2D eigenvalue weighted by molar-refractivity contribution is -0.133. The SMILES string of the molecule is CN1CCN(C(=O)CCN2C(=O)/C(=C\c3cccs3)SC2=S)CC1. The minimum atomic E-state index is -0.0930. The van der Waals surface area contributed by atoms with Crippen LogP contribution in [0.1, 0.15) is 11.3 Å². The summed E-state index contributed by atoms with van der Waals surface area (Å²) in [5, 5.41) is 1.97. The Bertz CT molecular complexity index is 664. The molecule has 0 bridgehead atoms. The van der Waals surface area contributed by atoms with Crippen LogP contribution in [0.15, 0.2) is 22.4 Å². The molecule has 2 saturated heterocycles. The van der Waals surface area contributed by atoms with Crippen LogP contribution in [-0.2, 0) is 9.59 Å². The largest absolute Gasteiger partial charge is 0.340 e. The lowest BCUT2D eigenvalue weighted by atomic mass is 10.2. The van der Waals surface area contributed by atoms with Gasteiger partial charge < -0.3 is 9.80 Å². The predicted octanol–water partition coefficient (Wildman–Crippen LogP) is 2.11. The first-order chi connectivity index (χ1) is 11.5. The summed E-state index contributed by atoms with van der Waals surface area (Å²) in [6.45, 7) is 3.67. The molecule has 24 heavy (non-hydrogen) atoms. The van der Waals surface area contributed by atoms with E-state index < -0.39 is 0 Å². The number of rotatable bonds is 4.